The summed E-state index contributed by atoms with van der Waals surface area (Å²) in [4.78, 5) is 35.3. The summed E-state index contributed by atoms with van der Waals surface area (Å²) >= 11 is 1.24. The van der Waals surface area contributed by atoms with Gasteiger partial charge in [0.15, 0.2) is 17.3 Å². The molecule has 1 atom stereocenters. The minimum Gasteiger partial charge on any atom is -0.503 e. The Kier molecular flexibility index (Phi) is 6.53. The summed E-state index contributed by atoms with van der Waals surface area (Å²) in [7, 11) is 6.89. The molecule has 1 N–H and O–H groups in total. The number of carbonyl (C=O) groups is 2. The Hall–Kier alpha value is -3.85. The zero-order chi connectivity index (χ0) is 25.4. The van der Waals surface area contributed by atoms with Crippen molar-refractivity contribution in [2.45, 2.75) is 19.9 Å². The van der Waals surface area contributed by atoms with Crippen LogP contribution < -0.4 is 19.3 Å². The Morgan fingerprint density at radius 3 is 2.26 bits per heavy atom. The molecule has 3 aromatic rings. The van der Waals surface area contributed by atoms with E-state index >= 15 is 0 Å². The third-order valence-corrected chi connectivity index (χ3v) is 7.00. The van der Waals surface area contributed by atoms with Crippen LogP contribution in [0.15, 0.2) is 53.8 Å². The van der Waals surface area contributed by atoms with E-state index in [-0.39, 0.29) is 5.57 Å². The number of aliphatic hydroxyl groups excluding tert-OH is 1. The molecule has 4 rings (SSSR count). The minimum absolute atomic E-state index is 0.00524. The molecule has 1 aliphatic heterocycles. The predicted octanol–water partition coefficient (Wildman–Crippen LogP) is 4.63. The van der Waals surface area contributed by atoms with E-state index in [0.717, 1.165) is 10.7 Å². The normalized spacial score (nSPS) is 15.5. The number of aliphatic hydroxyl groups is 1. The highest BCUT2D eigenvalue weighted by molar-refractivity contribution is 7.14. The minimum atomic E-state index is -0.873. The van der Waals surface area contributed by atoms with Gasteiger partial charge in [-0.05, 0) is 55.8 Å². The predicted molar refractivity (Wildman–Crippen MR) is 136 cm³/mol. The second kappa shape index (κ2) is 9.42. The first kappa shape index (κ1) is 24.3. The molecular weight excluding hydrogens is 466 g/mol. The van der Waals surface area contributed by atoms with E-state index in [4.69, 9.17) is 9.47 Å². The van der Waals surface area contributed by atoms with Gasteiger partial charge in [0.25, 0.3) is 5.91 Å². The van der Waals surface area contributed by atoms with Crippen LogP contribution in [0.3, 0.4) is 0 Å². The highest BCUT2D eigenvalue weighted by Crippen LogP contribution is 2.44. The van der Waals surface area contributed by atoms with Gasteiger partial charge in [-0.1, -0.05) is 6.07 Å². The Balaban J connectivity index is 1.90. The van der Waals surface area contributed by atoms with E-state index in [9.17, 15) is 14.7 Å². The van der Waals surface area contributed by atoms with E-state index in [1.54, 1.807) is 37.3 Å². The molecular formula is C26H27N3O5S. The summed E-state index contributed by atoms with van der Waals surface area (Å²) in [5, 5.41) is 11.7. The van der Waals surface area contributed by atoms with Crippen LogP contribution in [0.5, 0.6) is 11.5 Å². The van der Waals surface area contributed by atoms with Gasteiger partial charge in [-0.15, -0.1) is 11.3 Å². The molecule has 0 aliphatic carbocycles. The largest absolute Gasteiger partial charge is 0.503 e. The Morgan fingerprint density at radius 2 is 1.71 bits per heavy atom. The summed E-state index contributed by atoms with van der Waals surface area (Å²) in [6.45, 7) is 3.56. The van der Waals surface area contributed by atoms with Crippen molar-refractivity contribution in [3.63, 3.8) is 0 Å². The first-order valence-electron chi connectivity index (χ1n) is 10.9. The number of carbonyl (C=O) groups excluding carboxylic acids is 2. The van der Waals surface area contributed by atoms with Gasteiger partial charge >= 0.3 is 0 Å². The van der Waals surface area contributed by atoms with Crippen LogP contribution in [0.2, 0.25) is 0 Å². The quantitative estimate of drug-likeness (QED) is 0.480. The van der Waals surface area contributed by atoms with Gasteiger partial charge in [-0.2, -0.15) is 0 Å². The number of rotatable bonds is 7. The number of hydrogen-bond donors (Lipinski definition) is 1. The molecule has 0 radical (unpaired) electrons. The van der Waals surface area contributed by atoms with Crippen molar-refractivity contribution >= 4 is 34.4 Å². The Bertz CT molecular complexity index is 1330. The zero-order valence-electron chi connectivity index (χ0n) is 20.4. The van der Waals surface area contributed by atoms with E-state index in [1.807, 2.05) is 38.1 Å². The van der Waals surface area contributed by atoms with Crippen molar-refractivity contribution in [2.24, 2.45) is 0 Å². The fraction of sp³-hybridized carbons (Fsp3) is 0.269. The van der Waals surface area contributed by atoms with Crippen LogP contribution in [0, 0.1) is 13.8 Å². The number of nitrogens with zero attached hydrogens (tertiary/aromatic N) is 3. The molecule has 8 nitrogen and oxygen atoms in total. The number of aromatic nitrogens is 1. The topological polar surface area (TPSA) is 92.2 Å². The number of benzene rings is 2. The standard InChI is InChI=1S/C26H27N3O5S/c1-14-25(35-15(2)27-14)23(30)21-22(16-7-12-19(33-5)20(13-16)34-6)29(26(32)24(21)31)18-10-8-17(9-11-18)28(3)4/h7-13,22,31H,1-6H3. The number of ether oxygens (including phenoxy) is 2. The summed E-state index contributed by atoms with van der Waals surface area (Å²) in [6.07, 6.45) is 0. The number of amides is 1. The van der Waals surface area contributed by atoms with Gasteiger partial charge in [0, 0.05) is 25.5 Å². The van der Waals surface area contributed by atoms with Crippen molar-refractivity contribution in [2.75, 3.05) is 38.1 Å². The molecule has 1 aromatic heterocycles. The summed E-state index contributed by atoms with van der Waals surface area (Å²) in [6, 6.07) is 11.7. The van der Waals surface area contributed by atoms with E-state index in [1.165, 1.54) is 30.5 Å². The number of Topliss-reactive ketones (excluding diaryl/α,β-unsaturated/α-hetero) is 1. The van der Waals surface area contributed by atoms with E-state index in [0.29, 0.717) is 33.3 Å². The van der Waals surface area contributed by atoms with Crippen LogP contribution in [0.1, 0.15) is 32.0 Å². The van der Waals surface area contributed by atoms with Crippen molar-refractivity contribution < 1.29 is 24.2 Å². The Morgan fingerprint density at radius 1 is 1.06 bits per heavy atom. The lowest BCUT2D eigenvalue weighted by Crippen LogP contribution is -2.31. The smallest absolute Gasteiger partial charge is 0.294 e. The highest BCUT2D eigenvalue weighted by atomic mass is 32.1. The van der Waals surface area contributed by atoms with Crippen LogP contribution in [-0.4, -0.2) is 50.1 Å². The van der Waals surface area contributed by atoms with Crippen molar-refractivity contribution in [1.82, 2.24) is 4.98 Å². The van der Waals surface area contributed by atoms with Gasteiger partial charge in [-0.25, -0.2) is 4.98 Å². The number of ketones is 1. The number of methoxy groups -OCH3 is 2. The average molecular weight is 494 g/mol. The second-order valence-electron chi connectivity index (χ2n) is 8.34. The molecule has 0 bridgehead atoms. The molecule has 1 unspecified atom stereocenters. The molecule has 0 fully saturated rings. The molecule has 0 saturated heterocycles. The fourth-order valence-corrected chi connectivity index (χ4v) is 5.09. The van der Waals surface area contributed by atoms with Crippen LogP contribution >= 0.6 is 11.3 Å². The van der Waals surface area contributed by atoms with Gasteiger partial charge in [0.2, 0.25) is 5.78 Å². The van der Waals surface area contributed by atoms with E-state index in [2.05, 4.69) is 4.98 Å². The maximum absolute atomic E-state index is 13.7. The van der Waals surface area contributed by atoms with Crippen molar-refractivity contribution in [3.8, 4) is 11.5 Å². The van der Waals surface area contributed by atoms with Crippen molar-refractivity contribution in [3.05, 3.63) is 74.9 Å². The molecule has 0 spiro atoms. The fourth-order valence-electron chi connectivity index (χ4n) is 4.22. The van der Waals surface area contributed by atoms with E-state index < -0.39 is 23.5 Å². The molecule has 9 heteroatoms. The molecule has 1 amide bonds. The summed E-state index contributed by atoms with van der Waals surface area (Å²) in [5.41, 5.74) is 2.66. The maximum Gasteiger partial charge on any atom is 0.294 e. The summed E-state index contributed by atoms with van der Waals surface area (Å²) in [5.74, 6) is -0.687. The second-order valence-corrected chi connectivity index (χ2v) is 9.54. The van der Waals surface area contributed by atoms with Gasteiger partial charge in [0.1, 0.15) is 0 Å². The molecule has 0 saturated carbocycles. The lowest BCUT2D eigenvalue weighted by molar-refractivity contribution is -0.117. The number of thiazole rings is 1. The lowest BCUT2D eigenvalue weighted by atomic mass is 9.94. The first-order valence-corrected chi connectivity index (χ1v) is 11.7. The van der Waals surface area contributed by atoms with Crippen LogP contribution in [0.25, 0.3) is 0 Å². The molecule has 1 aliphatic rings. The monoisotopic (exact) mass is 493 g/mol. The van der Waals surface area contributed by atoms with Gasteiger partial charge in [0.05, 0.1) is 41.4 Å². The van der Waals surface area contributed by atoms with Gasteiger partial charge in [-0.3, -0.25) is 14.5 Å². The summed E-state index contributed by atoms with van der Waals surface area (Å²) < 4.78 is 10.8. The average Bonchev–Trinajstić information content (AvgIpc) is 3.33. The number of hydrogen-bond acceptors (Lipinski definition) is 8. The molecule has 2 heterocycles. The maximum atomic E-state index is 13.7. The number of anilines is 2. The molecule has 35 heavy (non-hydrogen) atoms. The third-order valence-electron chi connectivity index (χ3n) is 5.93. The lowest BCUT2D eigenvalue weighted by Gasteiger charge is -2.28. The first-order chi connectivity index (χ1) is 16.7. The molecule has 2 aromatic carbocycles. The van der Waals surface area contributed by atoms with Crippen molar-refractivity contribution in [1.29, 1.82) is 0 Å². The molecule has 182 valence electrons. The van der Waals surface area contributed by atoms with Gasteiger partial charge < -0.3 is 19.5 Å². The van der Waals surface area contributed by atoms with Crippen LogP contribution in [-0.2, 0) is 4.79 Å². The Labute approximate surface area is 208 Å². The van der Waals surface area contributed by atoms with Crippen LogP contribution in [0.4, 0.5) is 11.4 Å². The highest BCUT2D eigenvalue weighted by Gasteiger charge is 2.45. The third kappa shape index (κ3) is 4.23. The SMILES string of the molecule is COc1ccc(C2C(C(=O)c3sc(C)nc3C)=C(O)C(=O)N2c2ccc(N(C)C)cc2)cc1OC. The zero-order valence-corrected chi connectivity index (χ0v) is 21.3. The number of aryl methyl sites for hydroxylation is 2.